The molecule has 2 aromatic carbocycles. The number of carbonyl (C=O) groups is 3. The molecule has 0 aromatic heterocycles. The van der Waals surface area contributed by atoms with Crippen molar-refractivity contribution in [1.29, 1.82) is 0 Å². The topological polar surface area (TPSA) is 79.0 Å². The number of ether oxygens (including phenoxy) is 1. The van der Waals surface area contributed by atoms with Crippen molar-refractivity contribution in [3.05, 3.63) is 63.7 Å². The molecular weight excluding hydrogens is 454 g/mol. The van der Waals surface area contributed by atoms with E-state index in [-0.39, 0.29) is 29.6 Å². The fourth-order valence-electron chi connectivity index (χ4n) is 7.12. The molecule has 7 rings (SSSR count). The molecule has 1 atom stereocenters. The third-order valence-corrected chi connectivity index (χ3v) is 9.18. The van der Waals surface area contributed by atoms with Gasteiger partial charge in [-0.15, -0.1) is 0 Å². The van der Waals surface area contributed by atoms with Crippen LogP contribution in [0, 0.1) is 0 Å². The number of nitrogens with zero attached hydrogens (tertiary/aromatic N) is 2. The molecule has 36 heavy (non-hydrogen) atoms. The van der Waals surface area contributed by atoms with Gasteiger partial charge in [0.25, 0.3) is 5.91 Å². The molecular formula is C29H31N3O4. The maximum atomic E-state index is 13.2. The first-order valence-electron chi connectivity index (χ1n) is 13.3. The lowest BCUT2D eigenvalue weighted by Gasteiger charge is -2.38. The van der Waals surface area contributed by atoms with Gasteiger partial charge in [0.1, 0.15) is 11.8 Å². The Morgan fingerprint density at radius 1 is 1.00 bits per heavy atom. The van der Waals surface area contributed by atoms with Crippen LogP contribution in [-0.2, 0) is 40.9 Å². The van der Waals surface area contributed by atoms with Crippen LogP contribution in [-0.4, -0.2) is 53.3 Å². The predicted molar refractivity (Wildman–Crippen MR) is 133 cm³/mol. The third kappa shape index (κ3) is 3.32. The van der Waals surface area contributed by atoms with Gasteiger partial charge in [0, 0.05) is 35.1 Å². The molecule has 1 N–H and O–H groups in total. The Kier molecular flexibility index (Phi) is 5.00. The number of fused-ring (bicyclic) bond motifs is 5. The number of benzene rings is 2. The number of rotatable bonds is 3. The van der Waals surface area contributed by atoms with E-state index in [0.717, 1.165) is 43.8 Å². The molecule has 4 heterocycles. The lowest BCUT2D eigenvalue weighted by molar-refractivity contribution is -0.136. The normalized spacial score (nSPS) is 24.5. The van der Waals surface area contributed by atoms with Crippen LogP contribution < -0.4 is 10.1 Å². The predicted octanol–water partition coefficient (Wildman–Crippen LogP) is 2.86. The number of nitrogens with one attached hydrogen (secondary N) is 1. The number of amides is 3. The van der Waals surface area contributed by atoms with Gasteiger partial charge in [-0.25, -0.2) is 0 Å². The molecule has 3 amide bonds. The quantitative estimate of drug-likeness (QED) is 0.677. The fraction of sp³-hybridized carbons (Fsp3) is 0.483. The first kappa shape index (κ1) is 22.0. The summed E-state index contributed by atoms with van der Waals surface area (Å²) in [6.45, 7) is 4.10. The molecule has 0 saturated carbocycles. The van der Waals surface area contributed by atoms with E-state index in [1.54, 1.807) is 10.5 Å². The Balaban J connectivity index is 1.09. The highest BCUT2D eigenvalue weighted by Crippen LogP contribution is 2.49. The number of hydrogen-bond donors (Lipinski definition) is 1. The van der Waals surface area contributed by atoms with E-state index in [9.17, 15) is 14.4 Å². The molecule has 2 saturated heterocycles. The average molecular weight is 486 g/mol. The summed E-state index contributed by atoms with van der Waals surface area (Å²) in [5, 5.41) is 2.38. The van der Waals surface area contributed by atoms with Crippen LogP contribution in [0.2, 0.25) is 0 Å². The van der Waals surface area contributed by atoms with E-state index in [2.05, 4.69) is 34.5 Å². The molecule has 0 bridgehead atoms. The van der Waals surface area contributed by atoms with E-state index in [4.69, 9.17) is 4.74 Å². The number of likely N-dealkylation sites (tertiary alicyclic amines) is 1. The van der Waals surface area contributed by atoms with E-state index in [1.165, 1.54) is 36.0 Å². The smallest absolute Gasteiger partial charge is 0.255 e. The van der Waals surface area contributed by atoms with Crippen molar-refractivity contribution in [2.75, 3.05) is 19.7 Å². The van der Waals surface area contributed by atoms with Gasteiger partial charge in [-0.1, -0.05) is 24.3 Å². The number of aryl methyl sites for hydroxylation is 1. The molecule has 5 aliphatic rings. The first-order valence-corrected chi connectivity index (χ1v) is 13.3. The van der Waals surface area contributed by atoms with E-state index in [1.807, 2.05) is 6.07 Å². The summed E-state index contributed by atoms with van der Waals surface area (Å²) in [6, 6.07) is 10.2. The number of piperidine rings is 2. The van der Waals surface area contributed by atoms with Crippen LogP contribution in [0.1, 0.15) is 70.3 Å². The van der Waals surface area contributed by atoms with Crippen molar-refractivity contribution in [2.45, 2.75) is 69.5 Å². The molecule has 1 unspecified atom stereocenters. The minimum atomic E-state index is -0.601. The molecule has 186 valence electrons. The van der Waals surface area contributed by atoms with Crippen LogP contribution in [0.25, 0.3) is 0 Å². The molecule has 1 spiro atoms. The zero-order valence-corrected chi connectivity index (χ0v) is 20.5. The maximum absolute atomic E-state index is 13.2. The molecule has 2 fully saturated rings. The van der Waals surface area contributed by atoms with Crippen LogP contribution in [0.5, 0.6) is 5.75 Å². The standard InChI is InChI=1S/C29H31N3O4/c33-25-10-9-24(27(34)30-25)32-16-22-21(28(32)35)7-8-23-26(22)36-17-29(23)11-13-31(14-12-29)15-19-5-1-3-18-4-2-6-20(18)19/h1,3,5,7-8,24H,2,4,6,9-17H2,(H,30,33,34). The van der Waals surface area contributed by atoms with E-state index < -0.39 is 6.04 Å². The summed E-state index contributed by atoms with van der Waals surface area (Å²) in [5.41, 5.74) is 7.35. The lowest BCUT2D eigenvalue weighted by Crippen LogP contribution is -2.52. The van der Waals surface area contributed by atoms with Crippen LogP contribution in [0.3, 0.4) is 0 Å². The van der Waals surface area contributed by atoms with Gasteiger partial charge in [0.2, 0.25) is 11.8 Å². The van der Waals surface area contributed by atoms with Gasteiger partial charge < -0.3 is 9.64 Å². The molecule has 0 radical (unpaired) electrons. The minimum absolute atomic E-state index is 0.00933. The monoisotopic (exact) mass is 485 g/mol. The van der Waals surface area contributed by atoms with E-state index >= 15 is 0 Å². The van der Waals surface area contributed by atoms with Crippen molar-refractivity contribution < 1.29 is 19.1 Å². The van der Waals surface area contributed by atoms with Crippen molar-refractivity contribution in [1.82, 2.24) is 15.1 Å². The largest absolute Gasteiger partial charge is 0.492 e. The molecule has 1 aliphatic carbocycles. The summed E-state index contributed by atoms with van der Waals surface area (Å²) in [5.74, 6) is 0.0643. The fourth-order valence-corrected chi connectivity index (χ4v) is 7.12. The number of hydrogen-bond acceptors (Lipinski definition) is 5. The van der Waals surface area contributed by atoms with Crippen molar-refractivity contribution in [3.8, 4) is 5.75 Å². The second-order valence-corrected chi connectivity index (χ2v) is 11.1. The Bertz CT molecular complexity index is 1290. The minimum Gasteiger partial charge on any atom is -0.492 e. The summed E-state index contributed by atoms with van der Waals surface area (Å²) < 4.78 is 6.32. The summed E-state index contributed by atoms with van der Waals surface area (Å²) in [6.07, 6.45) is 6.42. The average Bonchev–Trinajstić information content (AvgIpc) is 3.58. The summed E-state index contributed by atoms with van der Waals surface area (Å²) in [7, 11) is 0. The molecule has 2 aromatic rings. The van der Waals surface area contributed by atoms with Gasteiger partial charge in [-0.3, -0.25) is 24.6 Å². The van der Waals surface area contributed by atoms with Crippen LogP contribution in [0.4, 0.5) is 0 Å². The zero-order chi connectivity index (χ0) is 24.4. The summed E-state index contributed by atoms with van der Waals surface area (Å²) in [4.78, 5) is 41.4. The van der Waals surface area contributed by atoms with Crippen molar-refractivity contribution >= 4 is 17.7 Å². The highest BCUT2D eigenvalue weighted by molar-refractivity contribution is 6.05. The third-order valence-electron chi connectivity index (χ3n) is 9.18. The summed E-state index contributed by atoms with van der Waals surface area (Å²) >= 11 is 0. The number of imide groups is 1. The van der Waals surface area contributed by atoms with E-state index in [0.29, 0.717) is 25.1 Å². The Morgan fingerprint density at radius 3 is 2.69 bits per heavy atom. The highest BCUT2D eigenvalue weighted by Gasteiger charge is 2.47. The Labute approximate surface area is 210 Å². The SMILES string of the molecule is O=C1CCC(N2Cc3c(ccc4c3OCC43CCN(Cc4cccc5c4CCC5)CC3)C2=O)C(=O)N1. The Hall–Kier alpha value is -3.19. The maximum Gasteiger partial charge on any atom is 0.255 e. The van der Waals surface area contributed by atoms with Crippen LogP contribution in [0.15, 0.2) is 30.3 Å². The number of carbonyl (C=O) groups excluding carboxylic acids is 3. The second kappa shape index (κ2) is 8.17. The Morgan fingerprint density at radius 2 is 1.86 bits per heavy atom. The van der Waals surface area contributed by atoms with Crippen molar-refractivity contribution in [3.63, 3.8) is 0 Å². The molecule has 7 nitrogen and oxygen atoms in total. The lowest BCUT2D eigenvalue weighted by atomic mass is 9.74. The van der Waals surface area contributed by atoms with Crippen molar-refractivity contribution in [2.24, 2.45) is 0 Å². The zero-order valence-electron chi connectivity index (χ0n) is 20.5. The molecule has 7 heteroatoms. The van der Waals surface area contributed by atoms with Gasteiger partial charge in [-0.2, -0.15) is 0 Å². The van der Waals surface area contributed by atoms with Gasteiger partial charge in [0.15, 0.2) is 0 Å². The first-order chi connectivity index (χ1) is 17.5. The van der Waals surface area contributed by atoms with Gasteiger partial charge in [-0.05, 0) is 74.4 Å². The molecule has 4 aliphatic heterocycles. The highest BCUT2D eigenvalue weighted by atomic mass is 16.5. The van der Waals surface area contributed by atoms with Crippen LogP contribution >= 0.6 is 0 Å². The van der Waals surface area contributed by atoms with Gasteiger partial charge >= 0.3 is 0 Å². The van der Waals surface area contributed by atoms with Gasteiger partial charge in [0.05, 0.1) is 13.2 Å². The second-order valence-electron chi connectivity index (χ2n) is 11.1.